The number of alkyl halides is 3. The number of fused-ring (bicyclic) bond motifs is 1. The van der Waals surface area contributed by atoms with Gasteiger partial charge in [-0.3, -0.25) is 14.6 Å². The molecule has 2 amide bonds. The number of carbonyl (C=O) groups is 2. The fraction of sp³-hybridized carbons (Fsp3) is 0.192. The topological polar surface area (TPSA) is 86.9 Å². The Morgan fingerprint density at radius 1 is 1.08 bits per heavy atom. The van der Waals surface area contributed by atoms with Gasteiger partial charge in [0, 0.05) is 40.0 Å². The van der Waals surface area contributed by atoms with E-state index in [0.29, 0.717) is 10.7 Å². The first-order chi connectivity index (χ1) is 17.0. The predicted molar refractivity (Wildman–Crippen MR) is 133 cm³/mol. The number of anilines is 1. The summed E-state index contributed by atoms with van der Waals surface area (Å²) < 4.78 is 40.8. The molecule has 4 aromatic rings. The highest BCUT2D eigenvalue weighted by atomic mass is 35.5. The summed E-state index contributed by atoms with van der Waals surface area (Å²) in [6, 6.07) is 15.5. The number of benzene rings is 2. The lowest BCUT2D eigenvalue weighted by Gasteiger charge is -2.15. The molecule has 4 rings (SSSR count). The Morgan fingerprint density at radius 3 is 2.47 bits per heavy atom. The average Bonchev–Trinajstić information content (AvgIpc) is 3.25. The Labute approximate surface area is 209 Å². The van der Waals surface area contributed by atoms with E-state index in [4.69, 9.17) is 11.6 Å². The van der Waals surface area contributed by atoms with E-state index in [1.54, 1.807) is 30.3 Å². The molecule has 0 saturated heterocycles. The lowest BCUT2D eigenvalue weighted by molar-refractivity contribution is -0.130. The van der Waals surface area contributed by atoms with Crippen LogP contribution >= 0.6 is 11.6 Å². The molecule has 0 aliphatic heterocycles. The summed E-state index contributed by atoms with van der Waals surface area (Å²) in [6.07, 6.45) is -1.87. The molecule has 0 saturated carbocycles. The summed E-state index contributed by atoms with van der Waals surface area (Å²) in [5.74, 6) is -1.66. The molecule has 0 spiro atoms. The summed E-state index contributed by atoms with van der Waals surface area (Å²) in [5, 5.41) is 6.41. The smallest absolute Gasteiger partial charge is 0.281 e. The summed E-state index contributed by atoms with van der Waals surface area (Å²) in [7, 11) is 0. The van der Waals surface area contributed by atoms with E-state index < -0.39 is 29.6 Å². The first kappa shape index (κ1) is 25.2. The molecule has 186 valence electrons. The second-order valence-electron chi connectivity index (χ2n) is 8.68. The molecule has 0 unspecified atom stereocenters. The van der Waals surface area contributed by atoms with Crippen molar-refractivity contribution in [2.45, 2.75) is 32.5 Å². The number of pyridine rings is 1. The van der Waals surface area contributed by atoms with Crippen LogP contribution in [0.15, 0.2) is 60.8 Å². The van der Waals surface area contributed by atoms with Gasteiger partial charge in [-0.25, -0.2) is 13.2 Å². The minimum Gasteiger partial charge on any atom is -0.355 e. The van der Waals surface area contributed by atoms with E-state index in [0.717, 1.165) is 42.2 Å². The minimum atomic E-state index is -2.99. The second-order valence-corrected chi connectivity index (χ2v) is 9.11. The van der Waals surface area contributed by atoms with Crippen molar-refractivity contribution in [2.24, 2.45) is 0 Å². The number of hydrogen-bond donors (Lipinski definition) is 3. The van der Waals surface area contributed by atoms with Gasteiger partial charge in [0.25, 0.3) is 18.2 Å². The van der Waals surface area contributed by atoms with Crippen molar-refractivity contribution in [3.63, 3.8) is 0 Å². The van der Waals surface area contributed by atoms with Gasteiger partial charge in [-0.05, 0) is 67.4 Å². The zero-order valence-electron chi connectivity index (χ0n) is 19.3. The minimum absolute atomic E-state index is 0.175. The quantitative estimate of drug-likeness (QED) is 0.265. The Morgan fingerprint density at radius 2 is 1.81 bits per heavy atom. The number of aromatic nitrogens is 2. The van der Waals surface area contributed by atoms with Crippen LogP contribution in [0.3, 0.4) is 0 Å². The third-order valence-corrected chi connectivity index (χ3v) is 5.71. The molecule has 36 heavy (non-hydrogen) atoms. The molecule has 2 heterocycles. The molecule has 3 N–H and O–H groups in total. The molecular weight excluding hydrogens is 493 g/mol. The molecule has 0 atom stereocenters. The monoisotopic (exact) mass is 514 g/mol. The highest BCUT2D eigenvalue weighted by molar-refractivity contribution is 6.30. The number of amides is 2. The second kappa shape index (κ2) is 10.0. The van der Waals surface area contributed by atoms with Crippen LogP contribution < -0.4 is 10.6 Å². The maximum atomic E-state index is 13.7. The molecule has 2 aromatic heterocycles. The summed E-state index contributed by atoms with van der Waals surface area (Å²) in [5.41, 5.74) is 0.119. The molecule has 0 aliphatic carbocycles. The van der Waals surface area contributed by atoms with E-state index in [9.17, 15) is 22.8 Å². The van der Waals surface area contributed by atoms with Crippen molar-refractivity contribution < 1.29 is 22.8 Å². The highest BCUT2D eigenvalue weighted by Crippen LogP contribution is 2.28. The van der Waals surface area contributed by atoms with E-state index in [-0.39, 0.29) is 17.7 Å². The van der Waals surface area contributed by atoms with E-state index in [1.165, 1.54) is 6.07 Å². The van der Waals surface area contributed by atoms with E-state index >= 15 is 0 Å². The normalized spacial score (nSPS) is 11.6. The van der Waals surface area contributed by atoms with Crippen LogP contribution in [-0.4, -0.2) is 27.5 Å². The number of hydrogen-bond acceptors (Lipinski definition) is 3. The van der Waals surface area contributed by atoms with Gasteiger partial charge in [0.05, 0.1) is 5.56 Å². The summed E-state index contributed by atoms with van der Waals surface area (Å²) in [4.78, 5) is 31.7. The molecule has 6 nitrogen and oxygen atoms in total. The fourth-order valence-corrected chi connectivity index (χ4v) is 3.68. The standard InChI is InChI=1S/C26H22ClF3N4O2/c1-26(2,30)25(36)32-13-14-9-19(22(23(28)29)31-12-14)24(35)33-18-7-8-20-16(10-18)11-21(34-20)15-3-5-17(27)6-4-15/h3-12,23,34H,13H2,1-2H3,(H,32,36)(H,33,35). The average molecular weight is 515 g/mol. The van der Waals surface area contributed by atoms with E-state index in [1.807, 2.05) is 18.2 Å². The number of aromatic amines is 1. The zero-order chi connectivity index (χ0) is 26.0. The van der Waals surface area contributed by atoms with Crippen LogP contribution in [0.5, 0.6) is 0 Å². The molecule has 0 bridgehead atoms. The van der Waals surface area contributed by atoms with E-state index in [2.05, 4.69) is 20.6 Å². The van der Waals surface area contributed by atoms with Crippen LogP contribution in [0.4, 0.5) is 18.9 Å². The first-order valence-electron chi connectivity index (χ1n) is 11.0. The van der Waals surface area contributed by atoms with Crippen LogP contribution in [0.2, 0.25) is 5.02 Å². The SMILES string of the molecule is CC(C)(F)C(=O)NCc1cnc(C(F)F)c(C(=O)Nc2ccc3[nH]c(-c4ccc(Cl)cc4)cc3c2)c1. The van der Waals surface area contributed by atoms with Gasteiger partial charge in [-0.1, -0.05) is 23.7 Å². The third kappa shape index (κ3) is 5.68. The van der Waals surface area contributed by atoms with Crippen molar-refractivity contribution in [3.8, 4) is 11.3 Å². The lowest BCUT2D eigenvalue weighted by Crippen LogP contribution is -2.38. The van der Waals surface area contributed by atoms with Gasteiger partial charge in [0.1, 0.15) is 5.69 Å². The molecule has 0 radical (unpaired) electrons. The molecule has 0 fully saturated rings. The van der Waals surface area contributed by atoms with Crippen LogP contribution in [0, 0.1) is 0 Å². The van der Waals surface area contributed by atoms with Crippen molar-refractivity contribution in [2.75, 3.05) is 5.32 Å². The van der Waals surface area contributed by atoms with Crippen molar-refractivity contribution in [3.05, 3.63) is 82.6 Å². The molecular formula is C26H22ClF3N4O2. The molecule has 2 aromatic carbocycles. The highest BCUT2D eigenvalue weighted by Gasteiger charge is 2.26. The summed E-state index contributed by atoms with van der Waals surface area (Å²) in [6.45, 7) is 2.02. The van der Waals surface area contributed by atoms with Crippen molar-refractivity contribution in [1.82, 2.24) is 15.3 Å². The van der Waals surface area contributed by atoms with Crippen molar-refractivity contribution >= 4 is 40.0 Å². The lowest BCUT2D eigenvalue weighted by atomic mass is 10.1. The Hall–Kier alpha value is -3.85. The van der Waals surface area contributed by atoms with Crippen LogP contribution in [0.1, 0.15) is 41.9 Å². The summed E-state index contributed by atoms with van der Waals surface area (Å²) >= 11 is 5.95. The number of rotatable bonds is 7. The van der Waals surface area contributed by atoms with Gasteiger partial charge in [-0.2, -0.15) is 0 Å². The largest absolute Gasteiger partial charge is 0.355 e. The zero-order valence-corrected chi connectivity index (χ0v) is 20.1. The first-order valence-corrected chi connectivity index (χ1v) is 11.3. The van der Waals surface area contributed by atoms with Gasteiger partial charge in [0.2, 0.25) is 0 Å². The fourth-order valence-electron chi connectivity index (χ4n) is 3.56. The number of nitrogens with one attached hydrogen (secondary N) is 3. The Bertz CT molecular complexity index is 1430. The maximum Gasteiger partial charge on any atom is 0.281 e. The van der Waals surface area contributed by atoms with Crippen molar-refractivity contribution in [1.29, 1.82) is 0 Å². The van der Waals surface area contributed by atoms with Gasteiger partial charge < -0.3 is 15.6 Å². The predicted octanol–water partition coefficient (Wildman–Crippen LogP) is 6.44. The number of nitrogens with zero attached hydrogens (tertiary/aromatic N) is 1. The Kier molecular flexibility index (Phi) is 7.03. The Balaban J connectivity index is 1.56. The molecule has 10 heteroatoms. The van der Waals surface area contributed by atoms with Crippen LogP contribution in [0.25, 0.3) is 22.2 Å². The van der Waals surface area contributed by atoms with Crippen LogP contribution in [-0.2, 0) is 11.3 Å². The van der Waals surface area contributed by atoms with Gasteiger partial charge in [0.15, 0.2) is 5.67 Å². The number of H-pyrrole nitrogens is 1. The number of carbonyl (C=O) groups excluding carboxylic acids is 2. The number of halogens is 4. The van der Waals surface area contributed by atoms with Gasteiger partial charge in [-0.15, -0.1) is 0 Å². The molecule has 0 aliphatic rings. The van der Waals surface area contributed by atoms with Gasteiger partial charge >= 0.3 is 0 Å². The third-order valence-electron chi connectivity index (χ3n) is 5.45. The maximum absolute atomic E-state index is 13.7.